The van der Waals surface area contributed by atoms with Gasteiger partial charge in [0.15, 0.2) is 0 Å². The van der Waals surface area contributed by atoms with Gasteiger partial charge in [-0.2, -0.15) is 5.26 Å². The fourth-order valence-corrected chi connectivity index (χ4v) is 1.06. The van der Waals surface area contributed by atoms with Crippen LogP contribution in [0.5, 0.6) is 0 Å². The van der Waals surface area contributed by atoms with Crippen LogP contribution >= 0.6 is 11.6 Å². The molecular formula is C9H8ClFN2. The summed E-state index contributed by atoms with van der Waals surface area (Å²) in [5, 5.41) is 8.67. The molecule has 0 heterocycles. The number of nitrogens with two attached hydrogens (primary N) is 1. The van der Waals surface area contributed by atoms with E-state index in [0.29, 0.717) is 5.56 Å². The minimum atomic E-state index is -1.13. The maximum atomic E-state index is 12.7. The van der Waals surface area contributed by atoms with E-state index in [1.807, 2.05) is 6.07 Å². The van der Waals surface area contributed by atoms with Crippen LogP contribution < -0.4 is 5.73 Å². The van der Waals surface area contributed by atoms with Crippen molar-refractivity contribution in [3.05, 3.63) is 34.6 Å². The lowest BCUT2D eigenvalue weighted by atomic mass is 9.95. The van der Waals surface area contributed by atoms with Crippen LogP contribution in [-0.2, 0) is 5.54 Å². The second-order valence-corrected chi connectivity index (χ2v) is 3.35. The molecular weight excluding hydrogens is 191 g/mol. The highest BCUT2D eigenvalue weighted by Gasteiger charge is 2.20. The van der Waals surface area contributed by atoms with E-state index < -0.39 is 11.4 Å². The van der Waals surface area contributed by atoms with Gasteiger partial charge in [0, 0.05) is 0 Å². The third kappa shape index (κ3) is 1.97. The molecule has 0 bridgehead atoms. The zero-order valence-corrected chi connectivity index (χ0v) is 7.77. The molecule has 0 aliphatic carbocycles. The van der Waals surface area contributed by atoms with Gasteiger partial charge >= 0.3 is 0 Å². The van der Waals surface area contributed by atoms with Crippen LogP contribution in [0.3, 0.4) is 0 Å². The van der Waals surface area contributed by atoms with Gasteiger partial charge in [-0.25, -0.2) is 4.39 Å². The van der Waals surface area contributed by atoms with Crippen LogP contribution in [0.15, 0.2) is 18.2 Å². The van der Waals surface area contributed by atoms with Crippen molar-refractivity contribution >= 4 is 11.6 Å². The van der Waals surface area contributed by atoms with E-state index in [4.69, 9.17) is 22.6 Å². The highest BCUT2D eigenvalue weighted by Crippen LogP contribution is 2.22. The molecule has 0 saturated heterocycles. The van der Waals surface area contributed by atoms with Gasteiger partial charge < -0.3 is 5.73 Å². The quantitative estimate of drug-likeness (QED) is 0.752. The lowest BCUT2D eigenvalue weighted by molar-refractivity contribution is 0.616. The van der Waals surface area contributed by atoms with Gasteiger partial charge in [0.1, 0.15) is 11.4 Å². The Bertz CT molecular complexity index is 368. The van der Waals surface area contributed by atoms with Crippen molar-refractivity contribution in [1.29, 1.82) is 5.26 Å². The maximum absolute atomic E-state index is 12.7. The first kappa shape index (κ1) is 9.97. The van der Waals surface area contributed by atoms with Crippen molar-refractivity contribution in [2.75, 3.05) is 0 Å². The second kappa shape index (κ2) is 3.33. The summed E-state index contributed by atoms with van der Waals surface area (Å²) >= 11 is 5.54. The van der Waals surface area contributed by atoms with Crippen LogP contribution in [0.25, 0.3) is 0 Å². The monoisotopic (exact) mass is 198 g/mol. The summed E-state index contributed by atoms with van der Waals surface area (Å²) in [5.74, 6) is -0.515. The summed E-state index contributed by atoms with van der Waals surface area (Å²) in [6.07, 6.45) is 0. The van der Waals surface area contributed by atoms with Crippen molar-refractivity contribution in [1.82, 2.24) is 0 Å². The lowest BCUT2D eigenvalue weighted by Gasteiger charge is -2.15. The average molecular weight is 199 g/mol. The molecule has 0 aliphatic heterocycles. The van der Waals surface area contributed by atoms with Gasteiger partial charge in [0.25, 0.3) is 0 Å². The Morgan fingerprint density at radius 1 is 1.62 bits per heavy atom. The Balaban J connectivity index is 3.20. The molecule has 0 aliphatic rings. The minimum absolute atomic E-state index is 0.0237. The van der Waals surface area contributed by atoms with Crippen molar-refractivity contribution in [3.63, 3.8) is 0 Å². The van der Waals surface area contributed by atoms with Crippen LogP contribution in [0.2, 0.25) is 5.02 Å². The molecule has 0 saturated carbocycles. The highest BCUT2D eigenvalue weighted by atomic mass is 35.5. The second-order valence-electron chi connectivity index (χ2n) is 2.94. The molecule has 4 heteroatoms. The number of hydrogen-bond acceptors (Lipinski definition) is 2. The molecule has 0 spiro atoms. The smallest absolute Gasteiger partial charge is 0.141 e. The van der Waals surface area contributed by atoms with Crippen LogP contribution in [0, 0.1) is 17.1 Å². The summed E-state index contributed by atoms with van der Waals surface area (Å²) in [4.78, 5) is 0. The topological polar surface area (TPSA) is 49.8 Å². The number of halogens is 2. The molecule has 0 amide bonds. The van der Waals surface area contributed by atoms with E-state index in [2.05, 4.69) is 0 Å². The van der Waals surface area contributed by atoms with E-state index in [-0.39, 0.29) is 5.02 Å². The summed E-state index contributed by atoms with van der Waals surface area (Å²) in [6, 6.07) is 5.91. The van der Waals surface area contributed by atoms with Crippen LogP contribution in [0.1, 0.15) is 12.5 Å². The van der Waals surface area contributed by atoms with Crippen molar-refractivity contribution in [2.45, 2.75) is 12.5 Å². The van der Waals surface area contributed by atoms with E-state index in [1.165, 1.54) is 25.1 Å². The highest BCUT2D eigenvalue weighted by molar-refractivity contribution is 6.30. The Hall–Kier alpha value is -1.11. The first-order valence-electron chi connectivity index (χ1n) is 3.63. The fraction of sp³-hybridized carbons (Fsp3) is 0.222. The predicted octanol–water partition coefficient (Wildman–Crippen LogP) is 2.18. The molecule has 1 aromatic carbocycles. The molecule has 2 N–H and O–H groups in total. The molecule has 0 unspecified atom stereocenters. The number of nitriles is 1. The molecule has 0 fully saturated rings. The molecule has 0 aromatic heterocycles. The summed E-state index contributed by atoms with van der Waals surface area (Å²) in [5.41, 5.74) is 4.99. The van der Waals surface area contributed by atoms with Gasteiger partial charge in [0.05, 0.1) is 11.1 Å². The number of rotatable bonds is 1. The predicted molar refractivity (Wildman–Crippen MR) is 48.6 cm³/mol. The van der Waals surface area contributed by atoms with Gasteiger partial charge in [-0.05, 0) is 24.6 Å². The van der Waals surface area contributed by atoms with Crippen molar-refractivity contribution < 1.29 is 4.39 Å². The van der Waals surface area contributed by atoms with Gasteiger partial charge in [0.2, 0.25) is 0 Å². The number of benzene rings is 1. The van der Waals surface area contributed by atoms with E-state index in [9.17, 15) is 4.39 Å². The first-order valence-corrected chi connectivity index (χ1v) is 4.01. The molecule has 1 atom stereocenters. The standard InChI is InChI=1S/C9H8ClFN2/c1-9(13,5-12)6-2-3-8(11)7(10)4-6/h2-4H,13H2,1H3/t9-/m0/s1. The summed E-state index contributed by atoms with van der Waals surface area (Å²) in [7, 11) is 0. The SMILES string of the molecule is C[C@](N)(C#N)c1ccc(F)c(Cl)c1. The van der Waals surface area contributed by atoms with Gasteiger partial charge in [-0.1, -0.05) is 17.7 Å². The van der Waals surface area contributed by atoms with Crippen LogP contribution in [-0.4, -0.2) is 0 Å². The fourth-order valence-electron chi connectivity index (χ4n) is 0.884. The van der Waals surface area contributed by atoms with E-state index in [0.717, 1.165) is 0 Å². The Morgan fingerprint density at radius 2 is 2.23 bits per heavy atom. The molecule has 2 nitrogen and oxygen atoms in total. The molecule has 1 aromatic rings. The number of nitrogens with zero attached hydrogens (tertiary/aromatic N) is 1. The third-order valence-corrected chi connectivity index (χ3v) is 2.04. The number of hydrogen-bond donors (Lipinski definition) is 1. The third-order valence-electron chi connectivity index (χ3n) is 1.75. The Morgan fingerprint density at radius 3 is 2.69 bits per heavy atom. The Labute approximate surface area is 80.7 Å². The largest absolute Gasteiger partial charge is 0.310 e. The molecule has 1 rings (SSSR count). The van der Waals surface area contributed by atoms with E-state index in [1.54, 1.807) is 0 Å². The zero-order valence-electron chi connectivity index (χ0n) is 7.01. The lowest BCUT2D eigenvalue weighted by Crippen LogP contribution is -2.30. The molecule has 13 heavy (non-hydrogen) atoms. The summed E-state index contributed by atoms with van der Waals surface area (Å²) < 4.78 is 12.7. The zero-order chi connectivity index (χ0) is 10.1. The minimum Gasteiger partial charge on any atom is -0.310 e. The molecule has 0 radical (unpaired) electrons. The van der Waals surface area contributed by atoms with Crippen molar-refractivity contribution in [2.24, 2.45) is 5.73 Å². The molecule has 68 valence electrons. The average Bonchev–Trinajstić information content (AvgIpc) is 2.09. The van der Waals surface area contributed by atoms with Crippen LogP contribution in [0.4, 0.5) is 4.39 Å². The summed E-state index contributed by atoms with van der Waals surface area (Å²) in [6.45, 7) is 1.54. The Kier molecular flexibility index (Phi) is 2.55. The van der Waals surface area contributed by atoms with E-state index >= 15 is 0 Å². The van der Waals surface area contributed by atoms with Crippen molar-refractivity contribution in [3.8, 4) is 6.07 Å². The normalized spacial score (nSPS) is 14.7. The maximum Gasteiger partial charge on any atom is 0.141 e. The van der Waals surface area contributed by atoms with Gasteiger partial charge in [-0.15, -0.1) is 0 Å². The van der Waals surface area contributed by atoms with Gasteiger partial charge in [-0.3, -0.25) is 0 Å². The first-order chi connectivity index (χ1) is 5.97.